The molecule has 2 bridgehead atoms. The van der Waals surface area contributed by atoms with Crippen molar-refractivity contribution in [1.29, 1.82) is 0 Å². The smallest absolute Gasteiger partial charge is 0.262 e. The van der Waals surface area contributed by atoms with Crippen LogP contribution in [0.2, 0.25) is 0 Å². The molecule has 1 amide bonds. The minimum atomic E-state index is -0.0889. The van der Waals surface area contributed by atoms with Crippen molar-refractivity contribution in [2.24, 2.45) is 24.8 Å². The molecule has 6 heteroatoms. The van der Waals surface area contributed by atoms with Gasteiger partial charge in [-0.2, -0.15) is 0 Å². The Bertz CT molecular complexity index is 869. The van der Waals surface area contributed by atoms with E-state index in [1.807, 2.05) is 6.92 Å². The van der Waals surface area contributed by atoms with Gasteiger partial charge in [-0.05, 0) is 56.4 Å². The molecule has 2 aromatic heterocycles. The highest BCUT2D eigenvalue weighted by Crippen LogP contribution is 2.49. The lowest BCUT2D eigenvalue weighted by atomic mass is 9.84. The van der Waals surface area contributed by atoms with Gasteiger partial charge in [0.15, 0.2) is 0 Å². The SMILES string of the molecule is Cc1c(C(=O)NC(C)C2CC3CCC2C3)sc2ncn(C)c(=O)c12. The van der Waals surface area contributed by atoms with Gasteiger partial charge in [0, 0.05) is 13.1 Å². The number of fused-ring (bicyclic) bond motifs is 3. The van der Waals surface area contributed by atoms with Crippen molar-refractivity contribution in [3.05, 3.63) is 27.1 Å². The van der Waals surface area contributed by atoms with Gasteiger partial charge in [-0.3, -0.25) is 9.59 Å². The molecule has 128 valence electrons. The van der Waals surface area contributed by atoms with Crippen molar-refractivity contribution < 1.29 is 4.79 Å². The maximum absolute atomic E-state index is 12.8. The zero-order valence-corrected chi connectivity index (χ0v) is 15.2. The van der Waals surface area contributed by atoms with Gasteiger partial charge in [0.25, 0.3) is 11.5 Å². The highest BCUT2D eigenvalue weighted by molar-refractivity contribution is 7.20. The van der Waals surface area contributed by atoms with Crippen molar-refractivity contribution in [2.45, 2.75) is 45.6 Å². The molecule has 0 aromatic carbocycles. The van der Waals surface area contributed by atoms with Crippen LogP contribution in [0.3, 0.4) is 0 Å². The number of nitrogens with one attached hydrogen (secondary N) is 1. The fraction of sp³-hybridized carbons (Fsp3) is 0.611. The van der Waals surface area contributed by atoms with E-state index >= 15 is 0 Å². The number of carbonyl (C=O) groups is 1. The van der Waals surface area contributed by atoms with E-state index in [2.05, 4.69) is 17.2 Å². The molecular formula is C18H23N3O2S. The van der Waals surface area contributed by atoms with Gasteiger partial charge in [0.2, 0.25) is 0 Å². The van der Waals surface area contributed by atoms with Gasteiger partial charge in [-0.15, -0.1) is 11.3 Å². The van der Waals surface area contributed by atoms with Crippen LogP contribution in [0.1, 0.15) is 47.8 Å². The van der Waals surface area contributed by atoms with Crippen LogP contribution in [-0.4, -0.2) is 21.5 Å². The van der Waals surface area contributed by atoms with Crippen LogP contribution in [0, 0.1) is 24.7 Å². The fourth-order valence-electron chi connectivity index (χ4n) is 4.71. The van der Waals surface area contributed by atoms with Crippen LogP contribution in [0.5, 0.6) is 0 Å². The molecule has 0 saturated heterocycles. The lowest BCUT2D eigenvalue weighted by Crippen LogP contribution is -2.40. The molecule has 2 aromatic rings. The summed E-state index contributed by atoms with van der Waals surface area (Å²) in [6.45, 7) is 3.97. The Labute approximate surface area is 145 Å². The molecule has 2 saturated carbocycles. The van der Waals surface area contributed by atoms with Crippen molar-refractivity contribution in [3.8, 4) is 0 Å². The number of aromatic nitrogens is 2. The monoisotopic (exact) mass is 345 g/mol. The number of carbonyl (C=O) groups excluding carboxylic acids is 1. The standard InChI is InChI=1S/C18H23N3O2S/c1-9-14-17(19-8-21(3)18(14)23)24-15(9)16(22)20-10(2)13-7-11-4-5-12(13)6-11/h8,10-13H,4-7H2,1-3H3,(H,20,22). The molecule has 0 aliphatic heterocycles. The molecule has 5 nitrogen and oxygen atoms in total. The zero-order valence-electron chi connectivity index (χ0n) is 14.3. The fourth-order valence-corrected chi connectivity index (χ4v) is 5.75. The topological polar surface area (TPSA) is 64.0 Å². The molecule has 0 radical (unpaired) electrons. The maximum atomic E-state index is 12.8. The number of amides is 1. The minimum absolute atomic E-state index is 0.0622. The lowest BCUT2D eigenvalue weighted by molar-refractivity contribution is 0.0919. The Morgan fingerprint density at radius 1 is 1.42 bits per heavy atom. The summed E-state index contributed by atoms with van der Waals surface area (Å²) in [7, 11) is 1.68. The van der Waals surface area contributed by atoms with E-state index in [9.17, 15) is 9.59 Å². The van der Waals surface area contributed by atoms with E-state index < -0.39 is 0 Å². The molecule has 4 unspecified atom stereocenters. The number of nitrogens with zero attached hydrogens (tertiary/aromatic N) is 2. The summed E-state index contributed by atoms with van der Waals surface area (Å²) in [5.41, 5.74) is 0.662. The van der Waals surface area contributed by atoms with Crippen LogP contribution in [0.4, 0.5) is 0 Å². The first-order valence-electron chi connectivity index (χ1n) is 8.71. The Kier molecular flexibility index (Phi) is 3.75. The molecule has 2 aliphatic carbocycles. The summed E-state index contributed by atoms with van der Waals surface area (Å²) >= 11 is 1.32. The van der Waals surface area contributed by atoms with Gasteiger partial charge in [0.1, 0.15) is 4.83 Å². The number of aryl methyl sites for hydroxylation is 2. The van der Waals surface area contributed by atoms with Gasteiger partial charge in [-0.1, -0.05) is 6.42 Å². The molecule has 4 atom stereocenters. The molecule has 2 heterocycles. The molecule has 2 aliphatic rings. The predicted octanol–water partition coefficient (Wildman–Crippen LogP) is 2.86. The highest BCUT2D eigenvalue weighted by Gasteiger charge is 2.42. The second-order valence-electron chi connectivity index (χ2n) is 7.50. The quantitative estimate of drug-likeness (QED) is 0.930. The third kappa shape index (κ3) is 2.39. The Morgan fingerprint density at radius 3 is 2.88 bits per heavy atom. The minimum Gasteiger partial charge on any atom is -0.349 e. The summed E-state index contributed by atoms with van der Waals surface area (Å²) in [6.07, 6.45) is 6.79. The first kappa shape index (κ1) is 15.8. The number of thiophene rings is 1. The van der Waals surface area contributed by atoms with E-state index in [0.29, 0.717) is 21.0 Å². The molecule has 4 rings (SSSR count). The van der Waals surface area contributed by atoms with Crippen LogP contribution in [-0.2, 0) is 7.05 Å². The normalized spacial score (nSPS) is 26.9. The average molecular weight is 345 g/mol. The Morgan fingerprint density at radius 2 is 2.21 bits per heavy atom. The molecule has 0 spiro atoms. The first-order valence-corrected chi connectivity index (χ1v) is 9.53. The van der Waals surface area contributed by atoms with Crippen LogP contribution in [0.15, 0.2) is 11.1 Å². The van der Waals surface area contributed by atoms with Crippen molar-refractivity contribution >= 4 is 27.5 Å². The van der Waals surface area contributed by atoms with Crippen LogP contribution >= 0.6 is 11.3 Å². The summed E-state index contributed by atoms with van der Waals surface area (Å²) < 4.78 is 1.46. The number of rotatable bonds is 3. The summed E-state index contributed by atoms with van der Waals surface area (Å²) in [5, 5.41) is 3.77. The van der Waals surface area contributed by atoms with E-state index in [4.69, 9.17) is 0 Å². The van der Waals surface area contributed by atoms with Gasteiger partial charge < -0.3 is 9.88 Å². The largest absolute Gasteiger partial charge is 0.349 e. The average Bonchev–Trinajstić information content (AvgIpc) is 3.25. The second-order valence-corrected chi connectivity index (χ2v) is 8.50. The summed E-state index contributed by atoms with van der Waals surface area (Å²) in [5.74, 6) is 2.20. The third-order valence-corrected chi connectivity index (χ3v) is 7.21. The van der Waals surface area contributed by atoms with E-state index in [1.54, 1.807) is 7.05 Å². The maximum Gasteiger partial charge on any atom is 0.262 e. The van der Waals surface area contributed by atoms with E-state index in [1.165, 1.54) is 47.9 Å². The highest BCUT2D eigenvalue weighted by atomic mass is 32.1. The summed E-state index contributed by atoms with van der Waals surface area (Å²) in [6, 6.07) is 0.188. The molecule has 24 heavy (non-hydrogen) atoms. The van der Waals surface area contributed by atoms with Crippen LogP contribution in [0.25, 0.3) is 10.2 Å². The Balaban J connectivity index is 1.58. The van der Waals surface area contributed by atoms with Gasteiger partial charge in [-0.25, -0.2) is 4.98 Å². The lowest BCUT2D eigenvalue weighted by Gasteiger charge is -2.28. The summed E-state index contributed by atoms with van der Waals surface area (Å²) in [4.78, 5) is 30.6. The van der Waals surface area contributed by atoms with E-state index in [-0.39, 0.29) is 17.5 Å². The Hall–Kier alpha value is -1.69. The van der Waals surface area contributed by atoms with Gasteiger partial charge >= 0.3 is 0 Å². The number of hydrogen-bond donors (Lipinski definition) is 1. The first-order chi connectivity index (χ1) is 11.5. The number of hydrogen-bond acceptors (Lipinski definition) is 4. The molecular weight excluding hydrogens is 322 g/mol. The van der Waals surface area contributed by atoms with Crippen molar-refractivity contribution in [3.63, 3.8) is 0 Å². The molecule has 1 N–H and O–H groups in total. The van der Waals surface area contributed by atoms with Gasteiger partial charge in [0.05, 0.1) is 16.6 Å². The third-order valence-electron chi connectivity index (χ3n) is 6.01. The predicted molar refractivity (Wildman–Crippen MR) is 95.5 cm³/mol. The zero-order chi connectivity index (χ0) is 17.0. The van der Waals surface area contributed by atoms with Crippen molar-refractivity contribution in [1.82, 2.24) is 14.9 Å². The second kappa shape index (κ2) is 5.69. The van der Waals surface area contributed by atoms with Crippen molar-refractivity contribution in [2.75, 3.05) is 0 Å². The van der Waals surface area contributed by atoms with E-state index in [0.717, 1.165) is 17.4 Å². The van der Waals surface area contributed by atoms with Crippen LogP contribution < -0.4 is 10.9 Å². The molecule has 2 fully saturated rings.